The minimum Gasteiger partial charge on any atom is -0.0628 e. The first-order chi connectivity index (χ1) is 7.18. The van der Waals surface area contributed by atoms with Gasteiger partial charge in [0.2, 0.25) is 0 Å². The normalized spacial score (nSPS) is 10.9. The second-order valence-corrected chi connectivity index (χ2v) is 5.54. The van der Waals surface area contributed by atoms with Crippen molar-refractivity contribution < 1.29 is 0 Å². The first-order valence-corrected chi connectivity index (χ1v) is 6.72. The molecule has 0 spiro atoms. The first-order valence-electron chi connectivity index (χ1n) is 5.93. The van der Waals surface area contributed by atoms with Crippen LogP contribution in [0, 0.1) is 5.92 Å². The molecule has 0 aliphatic heterocycles. The van der Waals surface area contributed by atoms with Crippen LogP contribution in [0.25, 0.3) is 0 Å². The molecule has 1 rings (SSSR count). The van der Waals surface area contributed by atoms with E-state index in [0.29, 0.717) is 0 Å². The summed E-state index contributed by atoms with van der Waals surface area (Å²) in [5.74, 6) is 0.859. The van der Waals surface area contributed by atoms with Crippen LogP contribution in [-0.4, -0.2) is 0 Å². The minimum absolute atomic E-state index is 0.859. The van der Waals surface area contributed by atoms with Crippen LogP contribution in [0.5, 0.6) is 0 Å². The third-order valence-electron chi connectivity index (χ3n) is 2.66. The Kier molecular flexibility index (Phi) is 6.00. The monoisotopic (exact) mass is 268 g/mol. The summed E-state index contributed by atoms with van der Waals surface area (Å²) in [7, 11) is 0. The molecule has 1 aromatic rings. The summed E-state index contributed by atoms with van der Waals surface area (Å²) < 4.78 is 1.17. The third-order valence-corrected chi connectivity index (χ3v) is 3.19. The van der Waals surface area contributed by atoms with Gasteiger partial charge in [0.25, 0.3) is 0 Å². The van der Waals surface area contributed by atoms with Crippen molar-refractivity contribution in [2.45, 2.75) is 46.0 Å². The lowest BCUT2D eigenvalue weighted by Gasteiger charge is -2.04. The van der Waals surface area contributed by atoms with E-state index in [1.54, 1.807) is 0 Å². The SMILES string of the molecule is CC(C)CCCCCc1ccc(Br)cc1. The highest BCUT2D eigenvalue weighted by Gasteiger charge is 1.96. The van der Waals surface area contributed by atoms with Crippen molar-refractivity contribution in [1.82, 2.24) is 0 Å². The summed E-state index contributed by atoms with van der Waals surface area (Å²) in [4.78, 5) is 0. The summed E-state index contributed by atoms with van der Waals surface area (Å²) in [6.07, 6.45) is 6.68. The molecule has 0 amide bonds. The summed E-state index contributed by atoms with van der Waals surface area (Å²) in [5.41, 5.74) is 1.46. The van der Waals surface area contributed by atoms with E-state index >= 15 is 0 Å². The molecule has 0 unspecified atom stereocenters. The lowest BCUT2D eigenvalue weighted by Crippen LogP contribution is -1.89. The van der Waals surface area contributed by atoms with Gasteiger partial charge in [0, 0.05) is 4.47 Å². The van der Waals surface area contributed by atoms with Crippen LogP contribution >= 0.6 is 15.9 Å². The van der Waals surface area contributed by atoms with Crippen molar-refractivity contribution in [2.75, 3.05) is 0 Å². The van der Waals surface area contributed by atoms with E-state index in [9.17, 15) is 0 Å². The van der Waals surface area contributed by atoms with Crippen LogP contribution in [-0.2, 0) is 6.42 Å². The second-order valence-electron chi connectivity index (χ2n) is 4.62. The van der Waals surface area contributed by atoms with E-state index < -0.39 is 0 Å². The van der Waals surface area contributed by atoms with Gasteiger partial charge in [-0.2, -0.15) is 0 Å². The van der Waals surface area contributed by atoms with Gasteiger partial charge in [-0.15, -0.1) is 0 Å². The molecule has 84 valence electrons. The van der Waals surface area contributed by atoms with E-state index in [1.165, 1.54) is 42.1 Å². The largest absolute Gasteiger partial charge is 0.0628 e. The smallest absolute Gasteiger partial charge is 0.0175 e. The van der Waals surface area contributed by atoms with Crippen molar-refractivity contribution >= 4 is 15.9 Å². The molecular weight excluding hydrogens is 248 g/mol. The molecule has 0 bridgehead atoms. The van der Waals surface area contributed by atoms with Crippen LogP contribution in [0.1, 0.15) is 45.1 Å². The van der Waals surface area contributed by atoms with Gasteiger partial charge in [-0.1, -0.05) is 61.2 Å². The maximum Gasteiger partial charge on any atom is 0.0175 e. The van der Waals surface area contributed by atoms with Gasteiger partial charge in [0.05, 0.1) is 0 Å². The van der Waals surface area contributed by atoms with Crippen molar-refractivity contribution in [1.29, 1.82) is 0 Å². The molecule has 0 heterocycles. The number of unbranched alkanes of at least 4 members (excludes halogenated alkanes) is 2. The summed E-state index contributed by atoms with van der Waals surface area (Å²) in [6.45, 7) is 4.60. The minimum atomic E-state index is 0.859. The van der Waals surface area contributed by atoms with E-state index in [0.717, 1.165) is 5.92 Å². The fourth-order valence-corrected chi connectivity index (χ4v) is 1.97. The molecule has 0 saturated heterocycles. The molecule has 0 atom stereocenters. The Balaban J connectivity index is 2.12. The molecule has 0 N–H and O–H groups in total. The topological polar surface area (TPSA) is 0 Å². The first kappa shape index (κ1) is 12.8. The average molecular weight is 269 g/mol. The Morgan fingerprint density at radius 1 is 1.00 bits per heavy atom. The van der Waals surface area contributed by atoms with Gasteiger partial charge in [0.15, 0.2) is 0 Å². The third kappa shape index (κ3) is 5.99. The number of aryl methyl sites for hydroxylation is 1. The van der Waals surface area contributed by atoms with Gasteiger partial charge in [0.1, 0.15) is 0 Å². The van der Waals surface area contributed by atoms with Gasteiger partial charge < -0.3 is 0 Å². The van der Waals surface area contributed by atoms with Crippen LogP contribution in [0.2, 0.25) is 0 Å². The number of hydrogen-bond donors (Lipinski definition) is 0. The Labute approximate surface area is 102 Å². The predicted molar refractivity (Wildman–Crippen MR) is 71.2 cm³/mol. The summed E-state index contributed by atoms with van der Waals surface area (Å²) in [5, 5.41) is 0. The number of hydrogen-bond acceptors (Lipinski definition) is 0. The van der Waals surface area contributed by atoms with Crippen molar-refractivity contribution in [2.24, 2.45) is 5.92 Å². The highest BCUT2D eigenvalue weighted by molar-refractivity contribution is 9.10. The maximum absolute atomic E-state index is 3.45. The molecule has 1 heteroatoms. The lowest BCUT2D eigenvalue weighted by molar-refractivity contribution is 0.527. The Bertz CT molecular complexity index is 261. The summed E-state index contributed by atoms with van der Waals surface area (Å²) in [6, 6.07) is 8.69. The van der Waals surface area contributed by atoms with E-state index in [-0.39, 0.29) is 0 Å². The van der Waals surface area contributed by atoms with E-state index in [2.05, 4.69) is 54.0 Å². The fraction of sp³-hybridized carbons (Fsp3) is 0.571. The molecule has 0 nitrogen and oxygen atoms in total. The van der Waals surface area contributed by atoms with Gasteiger partial charge in [-0.3, -0.25) is 0 Å². The standard InChI is InChI=1S/C14H21Br/c1-12(2)6-4-3-5-7-13-8-10-14(15)11-9-13/h8-12H,3-7H2,1-2H3. The second kappa shape index (κ2) is 7.05. The highest BCUT2D eigenvalue weighted by atomic mass is 79.9. The number of benzene rings is 1. The fourth-order valence-electron chi connectivity index (χ4n) is 1.71. The number of rotatable bonds is 6. The zero-order chi connectivity index (χ0) is 11.1. The quantitative estimate of drug-likeness (QED) is 0.622. The van der Waals surface area contributed by atoms with Crippen LogP contribution in [0.15, 0.2) is 28.7 Å². The van der Waals surface area contributed by atoms with Crippen molar-refractivity contribution in [3.8, 4) is 0 Å². The molecule has 0 aliphatic rings. The van der Waals surface area contributed by atoms with Gasteiger partial charge in [-0.05, 0) is 36.5 Å². The Morgan fingerprint density at radius 3 is 2.27 bits per heavy atom. The summed E-state index contributed by atoms with van der Waals surface area (Å²) >= 11 is 3.45. The van der Waals surface area contributed by atoms with Crippen LogP contribution < -0.4 is 0 Å². The molecule has 0 saturated carbocycles. The van der Waals surface area contributed by atoms with Crippen LogP contribution in [0.4, 0.5) is 0 Å². The molecule has 0 radical (unpaired) electrons. The van der Waals surface area contributed by atoms with E-state index in [4.69, 9.17) is 0 Å². The van der Waals surface area contributed by atoms with Crippen molar-refractivity contribution in [3.63, 3.8) is 0 Å². The average Bonchev–Trinajstić information content (AvgIpc) is 2.20. The molecule has 0 aliphatic carbocycles. The zero-order valence-electron chi connectivity index (χ0n) is 9.80. The molecule has 1 aromatic carbocycles. The molecule has 15 heavy (non-hydrogen) atoms. The predicted octanol–water partition coefficient (Wildman–Crippen LogP) is 5.21. The van der Waals surface area contributed by atoms with Gasteiger partial charge in [-0.25, -0.2) is 0 Å². The maximum atomic E-state index is 3.45. The van der Waals surface area contributed by atoms with Crippen LogP contribution in [0.3, 0.4) is 0 Å². The van der Waals surface area contributed by atoms with Crippen molar-refractivity contribution in [3.05, 3.63) is 34.3 Å². The Morgan fingerprint density at radius 2 is 1.67 bits per heavy atom. The van der Waals surface area contributed by atoms with Gasteiger partial charge >= 0.3 is 0 Å². The molecule has 0 fully saturated rings. The lowest BCUT2D eigenvalue weighted by atomic mass is 10.0. The zero-order valence-corrected chi connectivity index (χ0v) is 11.4. The molecule has 0 aromatic heterocycles. The number of halogens is 1. The molecular formula is C14H21Br. The Hall–Kier alpha value is -0.300. The highest BCUT2D eigenvalue weighted by Crippen LogP contribution is 2.14. The van der Waals surface area contributed by atoms with E-state index in [1.807, 2.05) is 0 Å².